The second-order valence-corrected chi connectivity index (χ2v) is 7.98. The van der Waals surface area contributed by atoms with E-state index in [0.717, 1.165) is 6.26 Å². The monoisotopic (exact) mass is 370 g/mol. The zero-order valence-electron chi connectivity index (χ0n) is 14.6. The molecule has 1 saturated carbocycles. The largest absolute Gasteiger partial charge is 0.497 e. The average Bonchev–Trinajstić information content (AvgIpc) is 3.27. The van der Waals surface area contributed by atoms with Gasteiger partial charge in [0.15, 0.2) is 15.3 Å². The number of ether oxygens (including phenoxy) is 3. The molecule has 0 unspecified atom stereocenters. The number of hydrogen-bond acceptors (Lipinski definition) is 7. The highest BCUT2D eigenvalue weighted by molar-refractivity contribution is 7.91. The van der Waals surface area contributed by atoms with Gasteiger partial charge in [-0.3, -0.25) is 9.59 Å². The molecule has 0 saturated heterocycles. The van der Waals surface area contributed by atoms with Crippen LogP contribution in [0.2, 0.25) is 0 Å². The Hall–Kier alpha value is -2.09. The number of esters is 2. The van der Waals surface area contributed by atoms with Crippen molar-refractivity contribution in [1.82, 2.24) is 0 Å². The van der Waals surface area contributed by atoms with E-state index in [4.69, 9.17) is 14.2 Å². The third kappa shape index (κ3) is 3.22. The molecule has 25 heavy (non-hydrogen) atoms. The van der Waals surface area contributed by atoms with Gasteiger partial charge >= 0.3 is 11.9 Å². The van der Waals surface area contributed by atoms with Crippen LogP contribution in [0.25, 0.3) is 0 Å². The Bertz CT molecular complexity index is 734. The van der Waals surface area contributed by atoms with E-state index in [0.29, 0.717) is 11.3 Å². The van der Waals surface area contributed by atoms with Gasteiger partial charge in [0.2, 0.25) is 0 Å². The maximum absolute atomic E-state index is 12.6. The maximum Gasteiger partial charge on any atom is 0.325 e. The van der Waals surface area contributed by atoms with Crippen LogP contribution in [0, 0.1) is 5.41 Å². The van der Waals surface area contributed by atoms with Crippen molar-refractivity contribution in [3.63, 3.8) is 0 Å². The van der Waals surface area contributed by atoms with Crippen molar-refractivity contribution >= 4 is 21.8 Å². The third-order valence-electron chi connectivity index (χ3n) is 4.30. The molecular weight excluding hydrogens is 348 g/mol. The maximum atomic E-state index is 12.6. The van der Waals surface area contributed by atoms with Crippen molar-refractivity contribution in [3.05, 3.63) is 29.8 Å². The molecule has 0 spiro atoms. The van der Waals surface area contributed by atoms with Gasteiger partial charge in [0, 0.05) is 12.2 Å². The molecule has 0 aliphatic heterocycles. The number of benzene rings is 1. The summed E-state index contributed by atoms with van der Waals surface area (Å²) < 4.78 is 39.7. The highest BCUT2D eigenvalue weighted by Gasteiger charge is 2.81. The highest BCUT2D eigenvalue weighted by Crippen LogP contribution is 2.64. The van der Waals surface area contributed by atoms with Crippen LogP contribution in [0.15, 0.2) is 24.3 Å². The summed E-state index contributed by atoms with van der Waals surface area (Å²) in [4.78, 5) is 25.2. The van der Waals surface area contributed by atoms with Gasteiger partial charge in [-0.15, -0.1) is 0 Å². The molecule has 0 bridgehead atoms. The van der Waals surface area contributed by atoms with Crippen molar-refractivity contribution in [2.45, 2.75) is 25.0 Å². The normalized spacial score (nSPS) is 21.3. The van der Waals surface area contributed by atoms with E-state index in [2.05, 4.69) is 0 Å². The standard InChI is InChI=1S/C17H22O7S/c1-5-23-15(18)17(16(19)24-6-2)13(14(17)25(4,20)21)11-7-9-12(22-3)10-8-11/h7-10,13-14H,5-6H2,1-4H3/t13-,14+/m0/s1. The van der Waals surface area contributed by atoms with Crippen LogP contribution >= 0.6 is 0 Å². The van der Waals surface area contributed by atoms with E-state index in [-0.39, 0.29) is 13.2 Å². The Balaban J connectivity index is 2.56. The number of carbonyl (C=O) groups is 2. The topological polar surface area (TPSA) is 96.0 Å². The molecule has 1 fully saturated rings. The van der Waals surface area contributed by atoms with Crippen molar-refractivity contribution < 1.29 is 32.2 Å². The smallest absolute Gasteiger partial charge is 0.325 e. The molecule has 7 nitrogen and oxygen atoms in total. The van der Waals surface area contributed by atoms with E-state index in [1.807, 2.05) is 0 Å². The van der Waals surface area contributed by atoms with Crippen molar-refractivity contribution in [3.8, 4) is 5.75 Å². The van der Waals surface area contributed by atoms with Crippen LogP contribution < -0.4 is 4.74 Å². The number of rotatable bonds is 7. The fraction of sp³-hybridized carbons (Fsp3) is 0.529. The Morgan fingerprint density at radius 3 is 1.88 bits per heavy atom. The summed E-state index contributed by atoms with van der Waals surface area (Å²) >= 11 is 0. The van der Waals surface area contributed by atoms with Crippen molar-refractivity contribution in [1.29, 1.82) is 0 Å². The SMILES string of the molecule is CCOC(=O)C1(C(=O)OCC)[C@H](S(C)(=O)=O)[C@@H]1c1ccc(OC)cc1. The summed E-state index contributed by atoms with van der Waals surface area (Å²) in [6.07, 6.45) is 1.01. The summed E-state index contributed by atoms with van der Waals surface area (Å²) in [5.41, 5.74) is -1.33. The summed E-state index contributed by atoms with van der Waals surface area (Å²) in [5.74, 6) is -2.01. The third-order valence-corrected chi connectivity index (χ3v) is 5.86. The Labute approximate surface area is 147 Å². The first-order valence-electron chi connectivity index (χ1n) is 7.92. The summed E-state index contributed by atoms with van der Waals surface area (Å²) in [6.45, 7) is 3.26. The van der Waals surface area contributed by atoms with Gasteiger partial charge in [-0.2, -0.15) is 0 Å². The minimum absolute atomic E-state index is 0.0335. The first-order chi connectivity index (χ1) is 11.7. The Morgan fingerprint density at radius 1 is 1.04 bits per heavy atom. The van der Waals surface area contributed by atoms with Crippen LogP contribution in [0.1, 0.15) is 25.3 Å². The molecule has 0 aromatic heterocycles. The predicted octanol–water partition coefficient (Wildman–Crippen LogP) is 1.32. The molecule has 138 valence electrons. The van der Waals surface area contributed by atoms with Crippen molar-refractivity contribution in [2.75, 3.05) is 26.6 Å². The van der Waals surface area contributed by atoms with Crippen LogP contribution in [0.3, 0.4) is 0 Å². The van der Waals surface area contributed by atoms with Gasteiger partial charge < -0.3 is 14.2 Å². The molecule has 0 radical (unpaired) electrons. The van der Waals surface area contributed by atoms with Gasteiger partial charge in [-0.05, 0) is 31.5 Å². The first kappa shape index (κ1) is 19.2. The molecule has 0 N–H and O–H groups in total. The van der Waals surface area contributed by atoms with Crippen LogP contribution in [0.5, 0.6) is 5.75 Å². The van der Waals surface area contributed by atoms with E-state index >= 15 is 0 Å². The Kier molecular flexibility index (Phi) is 5.41. The summed E-state index contributed by atoms with van der Waals surface area (Å²) in [6, 6.07) is 6.58. The molecule has 0 amide bonds. The number of hydrogen-bond donors (Lipinski definition) is 0. The zero-order valence-corrected chi connectivity index (χ0v) is 15.5. The lowest BCUT2D eigenvalue weighted by molar-refractivity contribution is -0.164. The minimum atomic E-state index is -3.71. The molecule has 1 aliphatic carbocycles. The number of methoxy groups -OCH3 is 1. The summed E-state index contributed by atoms with van der Waals surface area (Å²) in [5, 5.41) is -1.22. The molecule has 1 aliphatic rings. The molecule has 0 heterocycles. The van der Waals surface area contributed by atoms with Crippen LogP contribution in [-0.4, -0.2) is 52.2 Å². The molecular formula is C17H22O7S. The molecule has 8 heteroatoms. The van der Waals surface area contributed by atoms with E-state index < -0.39 is 38.4 Å². The van der Waals surface area contributed by atoms with E-state index in [1.165, 1.54) is 7.11 Å². The first-order valence-corrected chi connectivity index (χ1v) is 9.87. The molecule has 2 rings (SSSR count). The minimum Gasteiger partial charge on any atom is -0.497 e. The second kappa shape index (κ2) is 7.03. The highest BCUT2D eigenvalue weighted by atomic mass is 32.2. The number of sulfone groups is 1. The lowest BCUT2D eigenvalue weighted by Crippen LogP contribution is -2.35. The van der Waals surface area contributed by atoms with Crippen molar-refractivity contribution in [2.24, 2.45) is 5.41 Å². The molecule has 1 aromatic rings. The van der Waals surface area contributed by atoms with Gasteiger partial charge in [0.1, 0.15) is 5.75 Å². The van der Waals surface area contributed by atoms with Gasteiger partial charge in [-0.25, -0.2) is 8.42 Å². The molecule has 1 aromatic carbocycles. The predicted molar refractivity (Wildman–Crippen MR) is 90.1 cm³/mol. The zero-order chi connectivity index (χ0) is 18.8. The fourth-order valence-electron chi connectivity index (χ4n) is 3.26. The summed E-state index contributed by atoms with van der Waals surface area (Å²) in [7, 11) is -2.20. The van der Waals surface area contributed by atoms with E-state index in [9.17, 15) is 18.0 Å². The average molecular weight is 370 g/mol. The quantitative estimate of drug-likeness (QED) is 0.527. The van der Waals surface area contributed by atoms with E-state index in [1.54, 1.807) is 38.1 Å². The van der Waals surface area contributed by atoms with Gasteiger partial charge in [0.25, 0.3) is 0 Å². The van der Waals surface area contributed by atoms with Gasteiger partial charge in [0.05, 0.1) is 25.6 Å². The lowest BCUT2D eigenvalue weighted by Gasteiger charge is -2.15. The van der Waals surface area contributed by atoms with Crippen LogP contribution in [0.4, 0.5) is 0 Å². The fourth-order valence-corrected chi connectivity index (χ4v) is 5.06. The second-order valence-electron chi connectivity index (χ2n) is 5.81. The molecule has 2 atom stereocenters. The Morgan fingerprint density at radius 2 is 1.52 bits per heavy atom. The lowest BCUT2D eigenvalue weighted by atomic mass is 9.99. The number of carbonyl (C=O) groups excluding carboxylic acids is 2. The van der Waals surface area contributed by atoms with Gasteiger partial charge in [-0.1, -0.05) is 12.1 Å². The van der Waals surface area contributed by atoms with Crippen LogP contribution in [-0.2, 0) is 28.9 Å².